The molecule has 0 saturated carbocycles. The molecular weight excluding hydrogens is 472 g/mol. The third-order valence-corrected chi connectivity index (χ3v) is 8.37. The Bertz CT molecular complexity index is 1280. The van der Waals surface area contributed by atoms with Crippen molar-refractivity contribution >= 4 is 43.8 Å². The summed E-state index contributed by atoms with van der Waals surface area (Å²) in [5, 5.41) is 13.5. The van der Waals surface area contributed by atoms with Crippen LogP contribution in [-0.4, -0.2) is 48.1 Å². The maximum atomic E-state index is 12.8. The van der Waals surface area contributed by atoms with Crippen molar-refractivity contribution in [3.63, 3.8) is 0 Å². The molecule has 1 aliphatic rings. The van der Waals surface area contributed by atoms with Crippen LogP contribution in [0, 0.1) is 16.0 Å². The molecule has 3 heterocycles. The minimum atomic E-state index is -3.93. The Hall–Kier alpha value is -3.58. The second kappa shape index (κ2) is 9.11. The Balaban J connectivity index is 1.37. The number of non-ortho nitro benzene ring substituents is 1. The summed E-state index contributed by atoms with van der Waals surface area (Å²) < 4.78 is 30.5. The summed E-state index contributed by atoms with van der Waals surface area (Å²) in [4.78, 5) is 40.6. The molecule has 0 spiro atoms. The van der Waals surface area contributed by atoms with Crippen LogP contribution in [0.1, 0.15) is 23.4 Å². The van der Waals surface area contributed by atoms with Crippen molar-refractivity contribution in [3.8, 4) is 0 Å². The molecule has 3 aromatic rings. The number of nitro groups is 1. The van der Waals surface area contributed by atoms with Crippen LogP contribution in [0.15, 0.2) is 62.4 Å². The van der Waals surface area contributed by atoms with Gasteiger partial charge in [0.25, 0.3) is 11.6 Å². The largest absolute Gasteiger partial charge is 0.459 e. The van der Waals surface area contributed by atoms with Crippen molar-refractivity contribution in [2.24, 2.45) is 5.92 Å². The third kappa shape index (κ3) is 4.78. The van der Waals surface area contributed by atoms with Gasteiger partial charge in [-0.15, -0.1) is 0 Å². The van der Waals surface area contributed by atoms with Crippen molar-refractivity contribution in [3.05, 3.63) is 64.7 Å². The number of anilines is 1. The minimum Gasteiger partial charge on any atom is -0.459 e. The van der Waals surface area contributed by atoms with Gasteiger partial charge in [-0.05, 0) is 37.1 Å². The lowest BCUT2D eigenvalue weighted by atomic mass is 9.96. The van der Waals surface area contributed by atoms with Crippen molar-refractivity contribution in [1.29, 1.82) is 0 Å². The van der Waals surface area contributed by atoms with E-state index < -0.39 is 14.8 Å². The highest BCUT2D eigenvalue weighted by Gasteiger charge is 2.30. The number of nitrogens with zero attached hydrogens (tertiary/aromatic N) is 3. The fourth-order valence-electron chi connectivity index (χ4n) is 3.41. The molecule has 1 fully saturated rings. The third-order valence-electron chi connectivity index (χ3n) is 5.22. The van der Waals surface area contributed by atoms with Crippen LogP contribution in [0.2, 0.25) is 0 Å². The van der Waals surface area contributed by atoms with Gasteiger partial charge >= 0.3 is 0 Å². The maximum absolute atomic E-state index is 12.8. The standard InChI is InChI=1S/C20H18N4O7S2/c25-18(13-7-9-23(10-8-13)19(26)16-2-1-11-31-16)22-20-21-12-17(32-20)33(29,30)15-5-3-14(4-6-15)24(27)28/h1-6,11-13H,7-10H2,(H,21,22,25). The number of carbonyl (C=O) groups excluding carboxylic acids is 2. The zero-order valence-electron chi connectivity index (χ0n) is 17.0. The number of hydrogen-bond donors (Lipinski definition) is 1. The topological polar surface area (TPSA) is 153 Å². The van der Waals surface area contributed by atoms with Gasteiger partial charge in [-0.25, -0.2) is 13.4 Å². The molecule has 0 unspecified atom stereocenters. The quantitative estimate of drug-likeness (QED) is 0.409. The highest BCUT2D eigenvalue weighted by atomic mass is 32.2. The van der Waals surface area contributed by atoms with Crippen LogP contribution in [0.25, 0.3) is 0 Å². The number of nitro benzene ring substituents is 1. The van der Waals surface area contributed by atoms with E-state index in [1.165, 1.54) is 6.26 Å². The van der Waals surface area contributed by atoms with E-state index >= 15 is 0 Å². The van der Waals surface area contributed by atoms with Crippen LogP contribution in [0.5, 0.6) is 0 Å². The molecule has 0 radical (unpaired) electrons. The molecule has 2 aromatic heterocycles. The number of rotatable bonds is 6. The monoisotopic (exact) mass is 490 g/mol. The number of amides is 2. The van der Waals surface area contributed by atoms with Crippen molar-refractivity contribution in [1.82, 2.24) is 9.88 Å². The molecule has 1 aliphatic heterocycles. The number of hydrogen-bond acceptors (Lipinski definition) is 9. The van der Waals surface area contributed by atoms with Crippen LogP contribution in [0.4, 0.5) is 10.8 Å². The summed E-state index contributed by atoms with van der Waals surface area (Å²) in [5.41, 5.74) is -0.219. The Morgan fingerprint density at radius 1 is 1.18 bits per heavy atom. The summed E-state index contributed by atoms with van der Waals surface area (Å²) >= 11 is 0.799. The minimum absolute atomic E-state index is 0.0921. The van der Waals surface area contributed by atoms with E-state index in [9.17, 15) is 28.1 Å². The average Bonchev–Trinajstić information content (AvgIpc) is 3.51. The Labute approximate surface area is 192 Å². The van der Waals surface area contributed by atoms with Gasteiger partial charge in [0, 0.05) is 31.1 Å². The Kier molecular flexibility index (Phi) is 6.24. The zero-order valence-corrected chi connectivity index (χ0v) is 18.7. The number of benzene rings is 1. The molecule has 0 aliphatic carbocycles. The first-order chi connectivity index (χ1) is 15.8. The first-order valence-electron chi connectivity index (χ1n) is 9.85. The Morgan fingerprint density at radius 3 is 2.48 bits per heavy atom. The van der Waals surface area contributed by atoms with E-state index in [1.807, 2.05) is 0 Å². The number of thiazole rings is 1. The molecule has 0 atom stereocenters. The molecule has 1 N–H and O–H groups in total. The van der Waals surface area contributed by atoms with Gasteiger partial charge in [0.1, 0.15) is 4.21 Å². The summed E-state index contributed by atoms with van der Waals surface area (Å²) in [6.07, 6.45) is 3.48. The van der Waals surface area contributed by atoms with Gasteiger partial charge < -0.3 is 14.6 Å². The molecule has 13 heteroatoms. The summed E-state index contributed by atoms with van der Waals surface area (Å²) in [6.45, 7) is 0.796. The predicted molar refractivity (Wildman–Crippen MR) is 117 cm³/mol. The molecule has 11 nitrogen and oxygen atoms in total. The van der Waals surface area contributed by atoms with Crippen LogP contribution < -0.4 is 5.32 Å². The summed E-state index contributed by atoms with van der Waals surface area (Å²) in [5.74, 6) is -0.611. The normalized spacial score (nSPS) is 14.7. The second-order valence-corrected chi connectivity index (χ2v) is 10.5. The Morgan fingerprint density at radius 2 is 1.88 bits per heavy atom. The lowest BCUT2D eigenvalue weighted by molar-refractivity contribution is -0.384. The predicted octanol–water partition coefficient (Wildman–Crippen LogP) is 2.97. The summed E-state index contributed by atoms with van der Waals surface area (Å²) in [7, 11) is -3.93. The lowest BCUT2D eigenvalue weighted by Gasteiger charge is -2.30. The van der Waals surface area contributed by atoms with E-state index in [-0.39, 0.29) is 43.4 Å². The van der Waals surface area contributed by atoms with Gasteiger partial charge in [-0.3, -0.25) is 19.7 Å². The van der Waals surface area contributed by atoms with Gasteiger partial charge in [0.05, 0.1) is 22.3 Å². The fraction of sp³-hybridized carbons (Fsp3) is 0.250. The zero-order chi connectivity index (χ0) is 23.6. The van der Waals surface area contributed by atoms with E-state index in [2.05, 4.69) is 10.3 Å². The molecule has 172 valence electrons. The molecular formula is C20H18N4O7S2. The number of likely N-dealkylation sites (tertiary alicyclic amines) is 1. The van der Waals surface area contributed by atoms with Gasteiger partial charge in [-0.1, -0.05) is 11.3 Å². The van der Waals surface area contributed by atoms with Crippen LogP contribution in [0.3, 0.4) is 0 Å². The molecule has 4 rings (SSSR count). The number of aromatic nitrogens is 1. The van der Waals surface area contributed by atoms with E-state index in [0.29, 0.717) is 25.9 Å². The van der Waals surface area contributed by atoms with Crippen LogP contribution >= 0.6 is 11.3 Å². The first-order valence-corrected chi connectivity index (χ1v) is 12.1. The van der Waals surface area contributed by atoms with Gasteiger partial charge in [0.15, 0.2) is 10.9 Å². The van der Waals surface area contributed by atoms with Crippen molar-refractivity contribution < 1.29 is 27.3 Å². The van der Waals surface area contributed by atoms with E-state index in [1.54, 1.807) is 17.0 Å². The lowest BCUT2D eigenvalue weighted by Crippen LogP contribution is -2.41. The number of piperidine rings is 1. The average molecular weight is 491 g/mol. The first kappa shape index (κ1) is 22.6. The van der Waals surface area contributed by atoms with E-state index in [0.717, 1.165) is 41.8 Å². The fourth-order valence-corrected chi connectivity index (χ4v) is 5.85. The number of furan rings is 1. The molecule has 1 saturated heterocycles. The molecule has 0 bridgehead atoms. The SMILES string of the molecule is O=C(Nc1ncc(S(=O)(=O)c2ccc([N+](=O)[O-])cc2)s1)C1CCN(C(=O)c2ccco2)CC1. The van der Waals surface area contributed by atoms with Crippen molar-refractivity contribution in [2.75, 3.05) is 18.4 Å². The number of carbonyl (C=O) groups is 2. The smallest absolute Gasteiger partial charge is 0.289 e. The molecule has 2 amide bonds. The van der Waals surface area contributed by atoms with Gasteiger partial charge in [-0.2, -0.15) is 0 Å². The molecule has 1 aromatic carbocycles. The number of nitrogens with one attached hydrogen (secondary N) is 1. The maximum Gasteiger partial charge on any atom is 0.289 e. The van der Waals surface area contributed by atoms with Gasteiger partial charge in [0.2, 0.25) is 15.7 Å². The highest BCUT2D eigenvalue weighted by molar-refractivity contribution is 7.93. The highest BCUT2D eigenvalue weighted by Crippen LogP contribution is 2.30. The van der Waals surface area contributed by atoms with E-state index in [4.69, 9.17) is 4.42 Å². The molecule has 33 heavy (non-hydrogen) atoms. The summed E-state index contributed by atoms with van der Waals surface area (Å²) in [6, 6.07) is 7.76. The number of sulfone groups is 1. The van der Waals surface area contributed by atoms with Crippen LogP contribution in [-0.2, 0) is 14.6 Å². The second-order valence-electron chi connectivity index (χ2n) is 7.27. The van der Waals surface area contributed by atoms with Crippen molar-refractivity contribution in [2.45, 2.75) is 21.9 Å².